The number of hydrogen-bond acceptors (Lipinski definition) is 2. The van der Waals surface area contributed by atoms with E-state index in [1.165, 1.54) is 11.1 Å². The van der Waals surface area contributed by atoms with Crippen LogP contribution < -0.4 is 11.0 Å². The van der Waals surface area contributed by atoms with Gasteiger partial charge in [-0.2, -0.15) is 0 Å². The molecule has 0 saturated carbocycles. The first-order valence-electron chi connectivity index (χ1n) is 6.50. The van der Waals surface area contributed by atoms with E-state index in [0.29, 0.717) is 14.9 Å². The molecule has 0 fully saturated rings. The monoisotopic (exact) mass is 299 g/mol. The SMILES string of the molecule is O=CNc1ccc(Cc2ccc(-n3[pH][nH]c3=O)cc2)cc1. The molecule has 6 heteroatoms. The number of aromatic amines is 1. The predicted octanol–water partition coefficient (Wildman–Crippen LogP) is 2.36. The number of carbonyl (C=O) groups is 1. The number of amides is 1. The molecule has 21 heavy (non-hydrogen) atoms. The minimum absolute atomic E-state index is 0.0423. The molecule has 2 aromatic carbocycles. The maximum atomic E-state index is 11.3. The lowest BCUT2D eigenvalue weighted by atomic mass is 10.0. The molecule has 1 aromatic heterocycles. The molecule has 0 aliphatic carbocycles. The smallest absolute Gasteiger partial charge is 0.329 e. The van der Waals surface area contributed by atoms with Gasteiger partial charge in [-0.1, -0.05) is 24.3 Å². The van der Waals surface area contributed by atoms with Gasteiger partial charge < -0.3 is 5.32 Å². The van der Waals surface area contributed by atoms with E-state index >= 15 is 0 Å². The molecule has 0 aliphatic heterocycles. The van der Waals surface area contributed by atoms with Gasteiger partial charge in [-0.25, -0.2) is 9.12 Å². The maximum absolute atomic E-state index is 11.3. The van der Waals surface area contributed by atoms with Crippen LogP contribution in [-0.2, 0) is 11.2 Å². The second kappa shape index (κ2) is 5.85. The van der Waals surface area contributed by atoms with Crippen LogP contribution in [0.4, 0.5) is 5.69 Å². The van der Waals surface area contributed by atoms with E-state index in [-0.39, 0.29) is 5.69 Å². The summed E-state index contributed by atoms with van der Waals surface area (Å²) < 4.78 is 4.42. The van der Waals surface area contributed by atoms with Crippen molar-refractivity contribution in [3.05, 3.63) is 70.1 Å². The zero-order valence-electron chi connectivity index (χ0n) is 11.2. The Balaban J connectivity index is 1.72. The van der Waals surface area contributed by atoms with Gasteiger partial charge in [0, 0.05) is 14.2 Å². The van der Waals surface area contributed by atoms with Crippen LogP contribution >= 0.6 is 8.51 Å². The highest BCUT2D eigenvalue weighted by Crippen LogP contribution is 2.16. The third-order valence-corrected chi connectivity index (χ3v) is 4.27. The molecule has 0 bridgehead atoms. The molecule has 1 atom stereocenters. The van der Waals surface area contributed by atoms with Crippen molar-refractivity contribution in [1.82, 2.24) is 9.08 Å². The fourth-order valence-electron chi connectivity index (χ4n) is 2.12. The van der Waals surface area contributed by atoms with E-state index in [1.807, 2.05) is 48.5 Å². The van der Waals surface area contributed by atoms with Crippen molar-refractivity contribution >= 4 is 20.6 Å². The Morgan fingerprint density at radius 1 is 1.05 bits per heavy atom. The lowest BCUT2D eigenvalue weighted by Crippen LogP contribution is -2.21. The maximum Gasteiger partial charge on any atom is 0.337 e. The standard InChI is InChI=1S/C15H14N3O2P/c19-10-16-13-5-1-11(2-6-13)9-12-3-7-14(8-4-12)18-15(20)17-21-18/h1-8,10,21H,9H2,(H,16,19)(H,17,20). The summed E-state index contributed by atoms with van der Waals surface area (Å²) in [5.41, 5.74) is 4.02. The van der Waals surface area contributed by atoms with Crippen molar-refractivity contribution < 1.29 is 4.79 Å². The molecule has 0 aliphatic rings. The van der Waals surface area contributed by atoms with Crippen molar-refractivity contribution in [3.8, 4) is 5.69 Å². The molecule has 0 radical (unpaired) electrons. The average Bonchev–Trinajstić information content (AvgIpc) is 2.50. The van der Waals surface area contributed by atoms with Crippen LogP contribution in [0.15, 0.2) is 53.3 Å². The van der Waals surface area contributed by atoms with E-state index in [9.17, 15) is 9.59 Å². The minimum atomic E-state index is -0.0423. The Morgan fingerprint density at radius 2 is 1.67 bits per heavy atom. The molecule has 1 heterocycles. The third-order valence-electron chi connectivity index (χ3n) is 3.26. The van der Waals surface area contributed by atoms with Gasteiger partial charge in [0.15, 0.2) is 0 Å². The second-order valence-electron chi connectivity index (χ2n) is 4.68. The van der Waals surface area contributed by atoms with Crippen LogP contribution in [0.2, 0.25) is 0 Å². The summed E-state index contributed by atoms with van der Waals surface area (Å²) in [6.45, 7) is 0. The third kappa shape index (κ3) is 2.98. The number of nitrogens with zero attached hydrogens (tertiary/aromatic N) is 1. The van der Waals surface area contributed by atoms with E-state index in [2.05, 4.69) is 10.1 Å². The van der Waals surface area contributed by atoms with E-state index in [1.54, 1.807) is 4.33 Å². The van der Waals surface area contributed by atoms with Crippen molar-refractivity contribution in [3.63, 3.8) is 0 Å². The summed E-state index contributed by atoms with van der Waals surface area (Å²) >= 11 is 0. The van der Waals surface area contributed by atoms with Gasteiger partial charge in [0.2, 0.25) is 6.41 Å². The number of hydrogen-bond donors (Lipinski definition) is 2. The number of anilines is 1. The number of nitrogens with one attached hydrogen (secondary N) is 2. The van der Waals surface area contributed by atoms with Gasteiger partial charge in [0.1, 0.15) is 0 Å². The van der Waals surface area contributed by atoms with Crippen LogP contribution in [0.5, 0.6) is 0 Å². The zero-order valence-corrected chi connectivity index (χ0v) is 12.2. The van der Waals surface area contributed by atoms with Crippen molar-refractivity contribution in [2.75, 3.05) is 5.32 Å². The lowest BCUT2D eigenvalue weighted by Gasteiger charge is -2.09. The molecular weight excluding hydrogens is 285 g/mol. The molecule has 3 rings (SSSR count). The van der Waals surface area contributed by atoms with E-state index in [0.717, 1.165) is 17.8 Å². The van der Waals surface area contributed by atoms with Crippen molar-refractivity contribution in [1.29, 1.82) is 0 Å². The van der Waals surface area contributed by atoms with Gasteiger partial charge in [0.25, 0.3) is 0 Å². The Hall–Kier alpha value is -2.52. The Morgan fingerprint density at radius 3 is 2.14 bits per heavy atom. The molecule has 0 saturated heterocycles. The van der Waals surface area contributed by atoms with Gasteiger partial charge >= 0.3 is 5.69 Å². The number of benzene rings is 2. The van der Waals surface area contributed by atoms with Gasteiger partial charge in [-0.3, -0.25) is 9.54 Å². The Kier molecular flexibility index (Phi) is 3.75. The largest absolute Gasteiger partial charge is 0.337 e. The van der Waals surface area contributed by atoms with Crippen molar-refractivity contribution in [2.45, 2.75) is 6.42 Å². The number of aromatic nitrogens is 2. The highest BCUT2D eigenvalue weighted by Gasteiger charge is 2.03. The first-order valence-corrected chi connectivity index (χ1v) is 7.45. The summed E-state index contributed by atoms with van der Waals surface area (Å²) in [4.78, 5) is 21.6. The molecule has 1 amide bonds. The zero-order chi connectivity index (χ0) is 14.7. The second-order valence-corrected chi connectivity index (χ2v) is 5.60. The minimum Gasteiger partial charge on any atom is -0.329 e. The van der Waals surface area contributed by atoms with Crippen molar-refractivity contribution in [2.24, 2.45) is 0 Å². The van der Waals surface area contributed by atoms with Gasteiger partial charge in [-0.15, -0.1) is 0 Å². The normalized spacial score (nSPS) is 10.9. The highest BCUT2D eigenvalue weighted by molar-refractivity contribution is 7.22. The lowest BCUT2D eigenvalue weighted by molar-refractivity contribution is -0.105. The number of rotatable bonds is 5. The predicted molar refractivity (Wildman–Crippen MR) is 84.8 cm³/mol. The van der Waals surface area contributed by atoms with Crippen LogP contribution in [0.25, 0.3) is 5.69 Å². The molecule has 1 unspecified atom stereocenters. The highest BCUT2D eigenvalue weighted by atomic mass is 31.1. The molecule has 106 valence electrons. The van der Waals surface area contributed by atoms with Crippen LogP contribution in [0.1, 0.15) is 11.1 Å². The molecule has 5 nitrogen and oxygen atoms in total. The topological polar surface area (TPSA) is 66.9 Å². The van der Waals surface area contributed by atoms with E-state index in [4.69, 9.17) is 0 Å². The fourth-order valence-corrected chi connectivity index (χ4v) is 2.72. The summed E-state index contributed by atoms with van der Waals surface area (Å²) in [5, 5.41) is 2.61. The summed E-state index contributed by atoms with van der Waals surface area (Å²) in [7, 11) is 0.337. The summed E-state index contributed by atoms with van der Waals surface area (Å²) in [5.74, 6) is 0. The van der Waals surface area contributed by atoms with Crippen LogP contribution in [-0.4, -0.2) is 15.5 Å². The Bertz CT molecular complexity index is 781. The number of carbonyl (C=O) groups excluding carboxylic acids is 1. The first-order chi connectivity index (χ1) is 10.3. The molecular formula is C15H14N3O2P. The first kappa shape index (κ1) is 13.5. The summed E-state index contributed by atoms with van der Waals surface area (Å²) in [6, 6.07) is 15.7. The number of H-pyrrole nitrogens is 1. The fraction of sp³-hybridized carbons (Fsp3) is 0.0667. The quantitative estimate of drug-likeness (QED) is 0.710. The average molecular weight is 299 g/mol. The van der Waals surface area contributed by atoms with Gasteiger partial charge in [-0.05, 0) is 41.8 Å². The van der Waals surface area contributed by atoms with Crippen LogP contribution in [0, 0.1) is 0 Å². The van der Waals surface area contributed by atoms with Gasteiger partial charge in [0.05, 0.1) is 5.69 Å². The molecule has 0 spiro atoms. The Labute approximate surface area is 122 Å². The molecule has 2 N–H and O–H groups in total. The summed E-state index contributed by atoms with van der Waals surface area (Å²) in [6.07, 6.45) is 1.48. The van der Waals surface area contributed by atoms with Crippen LogP contribution in [0.3, 0.4) is 0 Å². The van der Waals surface area contributed by atoms with E-state index < -0.39 is 0 Å². The molecule has 3 aromatic rings.